The van der Waals surface area contributed by atoms with Crippen molar-refractivity contribution < 1.29 is 28.2 Å². The van der Waals surface area contributed by atoms with Crippen LogP contribution in [0.15, 0.2) is 23.1 Å². The topological polar surface area (TPSA) is 97.6 Å². The first-order valence-corrected chi connectivity index (χ1v) is 7.51. The van der Waals surface area contributed by atoms with E-state index in [9.17, 15) is 23.2 Å². The Morgan fingerprint density at radius 3 is 2.88 bits per heavy atom. The van der Waals surface area contributed by atoms with E-state index in [1.807, 2.05) is 0 Å². The number of carboxylic acids is 1. The maximum atomic E-state index is 13.9. The fourth-order valence-corrected chi connectivity index (χ4v) is 3.24. The SMILES string of the molecule is O=C(O)Cn1cccc(C(=O)NC[C@]23OCCC[C@H]2C3(F)F)c1=O. The number of ether oxygens (including phenoxy) is 1. The predicted molar refractivity (Wildman–Crippen MR) is 77.0 cm³/mol. The second kappa shape index (κ2) is 5.66. The van der Waals surface area contributed by atoms with Crippen LogP contribution in [0, 0.1) is 5.92 Å². The molecule has 2 fully saturated rings. The number of hydrogen-bond acceptors (Lipinski definition) is 4. The van der Waals surface area contributed by atoms with Gasteiger partial charge in [-0.1, -0.05) is 0 Å². The van der Waals surface area contributed by atoms with Crippen molar-refractivity contribution in [2.45, 2.75) is 30.9 Å². The third-order valence-electron chi connectivity index (χ3n) is 4.56. The summed E-state index contributed by atoms with van der Waals surface area (Å²) in [4.78, 5) is 34.9. The van der Waals surface area contributed by atoms with Crippen LogP contribution in [-0.2, 0) is 16.1 Å². The number of carboxylic acid groups (broad SMARTS) is 1. The van der Waals surface area contributed by atoms with Crippen molar-refractivity contribution in [3.63, 3.8) is 0 Å². The van der Waals surface area contributed by atoms with Gasteiger partial charge in [0.2, 0.25) is 0 Å². The summed E-state index contributed by atoms with van der Waals surface area (Å²) in [6.07, 6.45) is 2.12. The van der Waals surface area contributed by atoms with Gasteiger partial charge in [-0.3, -0.25) is 14.4 Å². The molecule has 1 aromatic rings. The number of aliphatic carboxylic acids is 1. The molecule has 9 heteroatoms. The van der Waals surface area contributed by atoms with Gasteiger partial charge in [0.05, 0.1) is 12.5 Å². The minimum atomic E-state index is -2.99. The summed E-state index contributed by atoms with van der Waals surface area (Å²) in [6.45, 7) is -0.775. The second-order valence-corrected chi connectivity index (χ2v) is 5.99. The van der Waals surface area contributed by atoms with Gasteiger partial charge in [-0.2, -0.15) is 0 Å². The molecule has 1 saturated carbocycles. The molecule has 2 N–H and O–H groups in total. The molecule has 0 spiro atoms. The number of amides is 1. The van der Waals surface area contributed by atoms with Gasteiger partial charge in [0.1, 0.15) is 12.1 Å². The lowest BCUT2D eigenvalue weighted by atomic mass is 10.1. The highest BCUT2D eigenvalue weighted by Gasteiger charge is 2.82. The van der Waals surface area contributed by atoms with Crippen LogP contribution in [0.5, 0.6) is 0 Å². The Morgan fingerprint density at radius 1 is 1.46 bits per heavy atom. The molecule has 2 aliphatic rings. The highest BCUT2D eigenvalue weighted by molar-refractivity contribution is 5.93. The predicted octanol–water partition coefficient (Wildman–Crippen LogP) is 0.477. The van der Waals surface area contributed by atoms with E-state index in [1.165, 1.54) is 18.3 Å². The summed E-state index contributed by atoms with van der Waals surface area (Å²) >= 11 is 0. The maximum absolute atomic E-state index is 13.9. The zero-order valence-electron chi connectivity index (χ0n) is 12.6. The Bertz CT molecular complexity index is 748. The highest BCUT2D eigenvalue weighted by Crippen LogP contribution is 2.64. The molecule has 7 nitrogen and oxygen atoms in total. The van der Waals surface area contributed by atoms with E-state index < -0.39 is 48.0 Å². The molecule has 1 amide bonds. The quantitative estimate of drug-likeness (QED) is 0.811. The third-order valence-corrected chi connectivity index (χ3v) is 4.56. The molecule has 1 aliphatic carbocycles. The van der Waals surface area contributed by atoms with Gasteiger partial charge >= 0.3 is 5.97 Å². The monoisotopic (exact) mass is 342 g/mol. The number of alkyl halides is 2. The molecule has 130 valence electrons. The summed E-state index contributed by atoms with van der Waals surface area (Å²) < 4.78 is 33.9. The van der Waals surface area contributed by atoms with Crippen LogP contribution in [0.3, 0.4) is 0 Å². The minimum Gasteiger partial charge on any atom is -0.480 e. The average molecular weight is 342 g/mol. The molecule has 0 aromatic carbocycles. The smallest absolute Gasteiger partial charge is 0.323 e. The molecular formula is C15H16F2N2O5. The summed E-state index contributed by atoms with van der Waals surface area (Å²) in [5, 5.41) is 11.1. The molecule has 0 radical (unpaired) electrons. The van der Waals surface area contributed by atoms with Crippen molar-refractivity contribution in [2.24, 2.45) is 5.92 Å². The fraction of sp³-hybridized carbons (Fsp3) is 0.533. The van der Waals surface area contributed by atoms with Crippen molar-refractivity contribution in [3.8, 4) is 0 Å². The van der Waals surface area contributed by atoms with Crippen LogP contribution in [0.1, 0.15) is 23.2 Å². The summed E-state index contributed by atoms with van der Waals surface area (Å²) in [5.41, 5.74) is -2.78. The fourth-order valence-electron chi connectivity index (χ4n) is 3.24. The van der Waals surface area contributed by atoms with Crippen LogP contribution in [0.2, 0.25) is 0 Å². The van der Waals surface area contributed by atoms with E-state index >= 15 is 0 Å². The number of halogens is 2. The van der Waals surface area contributed by atoms with Crippen molar-refractivity contribution in [1.29, 1.82) is 0 Å². The molecule has 24 heavy (non-hydrogen) atoms. The summed E-state index contributed by atoms with van der Waals surface area (Å²) in [6, 6.07) is 2.57. The minimum absolute atomic E-state index is 0.207. The van der Waals surface area contributed by atoms with Crippen molar-refractivity contribution >= 4 is 11.9 Å². The lowest BCUT2D eigenvalue weighted by Crippen LogP contribution is -2.42. The van der Waals surface area contributed by atoms with E-state index in [1.54, 1.807) is 0 Å². The molecule has 2 atom stereocenters. The largest absolute Gasteiger partial charge is 0.480 e. The summed E-state index contributed by atoms with van der Waals surface area (Å²) in [7, 11) is 0. The number of nitrogens with zero attached hydrogens (tertiary/aromatic N) is 1. The molecule has 1 saturated heterocycles. The van der Waals surface area contributed by atoms with Gasteiger partial charge < -0.3 is 19.7 Å². The van der Waals surface area contributed by atoms with E-state index in [2.05, 4.69) is 5.32 Å². The van der Waals surface area contributed by atoms with E-state index in [-0.39, 0.29) is 12.2 Å². The van der Waals surface area contributed by atoms with Gasteiger partial charge in [0.15, 0.2) is 5.60 Å². The zero-order chi connectivity index (χ0) is 17.5. The van der Waals surface area contributed by atoms with Crippen molar-refractivity contribution in [2.75, 3.05) is 13.2 Å². The Balaban J connectivity index is 1.72. The van der Waals surface area contributed by atoms with Crippen molar-refractivity contribution in [1.82, 2.24) is 9.88 Å². The molecule has 1 aliphatic heterocycles. The number of hydrogen-bond donors (Lipinski definition) is 2. The van der Waals surface area contributed by atoms with E-state index in [0.29, 0.717) is 12.8 Å². The molecule has 1 aromatic heterocycles. The number of carbonyl (C=O) groups excluding carboxylic acids is 1. The van der Waals surface area contributed by atoms with Gasteiger partial charge in [-0.05, 0) is 25.0 Å². The molecule has 0 bridgehead atoms. The average Bonchev–Trinajstić information content (AvgIpc) is 3.03. The summed E-state index contributed by atoms with van der Waals surface area (Å²) in [5.74, 6) is -5.97. The first-order valence-electron chi connectivity index (χ1n) is 7.51. The van der Waals surface area contributed by atoms with Gasteiger partial charge in [0, 0.05) is 12.8 Å². The lowest BCUT2D eigenvalue weighted by Gasteiger charge is -2.21. The molecule has 0 unspecified atom stereocenters. The first kappa shape index (κ1) is 16.6. The lowest BCUT2D eigenvalue weighted by molar-refractivity contribution is -0.137. The Kier molecular flexibility index (Phi) is 3.90. The maximum Gasteiger partial charge on any atom is 0.323 e. The number of fused-ring (bicyclic) bond motifs is 1. The van der Waals surface area contributed by atoms with Crippen LogP contribution in [0.25, 0.3) is 0 Å². The number of nitrogens with one attached hydrogen (secondary N) is 1. The molecule has 2 heterocycles. The van der Waals surface area contributed by atoms with Gasteiger partial charge in [0.25, 0.3) is 17.4 Å². The van der Waals surface area contributed by atoms with Crippen molar-refractivity contribution in [3.05, 3.63) is 34.2 Å². The van der Waals surface area contributed by atoms with E-state index in [4.69, 9.17) is 9.84 Å². The first-order chi connectivity index (χ1) is 11.3. The molecular weight excluding hydrogens is 326 g/mol. The Labute approximate surface area is 135 Å². The zero-order valence-corrected chi connectivity index (χ0v) is 12.6. The van der Waals surface area contributed by atoms with E-state index in [0.717, 1.165) is 4.57 Å². The second-order valence-electron chi connectivity index (χ2n) is 5.99. The third kappa shape index (κ3) is 2.48. The Hall–Kier alpha value is -2.29. The van der Waals surface area contributed by atoms with Crippen LogP contribution in [0.4, 0.5) is 8.78 Å². The van der Waals surface area contributed by atoms with Crippen LogP contribution >= 0.6 is 0 Å². The highest BCUT2D eigenvalue weighted by atomic mass is 19.3. The number of pyridine rings is 1. The molecule has 3 rings (SSSR count). The number of aromatic nitrogens is 1. The van der Waals surface area contributed by atoms with Gasteiger partial charge in [-0.15, -0.1) is 0 Å². The Morgan fingerprint density at radius 2 is 2.21 bits per heavy atom. The standard InChI is InChI=1S/C15H16F2N2O5/c16-15(17)10-4-2-6-24-14(10,15)8-18-12(22)9-3-1-5-19(13(9)23)7-11(20)21/h1,3,5,10H,2,4,6-8H2,(H,18,22)(H,20,21)/t10-,14+/m1/s1. The number of rotatable bonds is 5. The van der Waals surface area contributed by atoms with Crippen LogP contribution in [-0.4, -0.2) is 46.2 Å². The van der Waals surface area contributed by atoms with Gasteiger partial charge in [-0.25, -0.2) is 8.78 Å². The van der Waals surface area contributed by atoms with Crippen LogP contribution < -0.4 is 10.9 Å². The number of carbonyl (C=O) groups is 2. The normalized spacial score (nSPS) is 27.2.